The second kappa shape index (κ2) is 6.44. The molecule has 1 N–H and O–H groups in total. The third kappa shape index (κ3) is 3.09. The van der Waals surface area contributed by atoms with Crippen LogP contribution in [0.3, 0.4) is 0 Å². The number of imidazole rings is 1. The van der Waals surface area contributed by atoms with E-state index in [4.69, 9.17) is 0 Å². The highest BCUT2D eigenvalue weighted by molar-refractivity contribution is 5.94. The quantitative estimate of drug-likeness (QED) is 0.948. The van der Waals surface area contributed by atoms with Gasteiger partial charge >= 0.3 is 0 Å². The third-order valence-electron chi connectivity index (χ3n) is 4.61. The number of amides is 1. The van der Waals surface area contributed by atoms with Gasteiger partial charge in [-0.05, 0) is 50.5 Å². The summed E-state index contributed by atoms with van der Waals surface area (Å²) in [5.74, 6) is 1.63. The van der Waals surface area contributed by atoms with Gasteiger partial charge in [0.25, 0.3) is 5.91 Å². The van der Waals surface area contributed by atoms with E-state index >= 15 is 0 Å². The molecular weight excluding hydrogens is 290 g/mol. The Morgan fingerprint density at radius 1 is 1.43 bits per heavy atom. The largest absolute Gasteiger partial charge is 0.508 e. The van der Waals surface area contributed by atoms with Crippen molar-refractivity contribution in [2.45, 2.75) is 39.2 Å². The molecule has 5 nitrogen and oxygen atoms in total. The Bertz CT molecular complexity index is 708. The average Bonchev–Trinajstić information content (AvgIpc) is 3.05. The second-order valence-electron chi connectivity index (χ2n) is 6.16. The summed E-state index contributed by atoms with van der Waals surface area (Å²) >= 11 is 0. The number of carbonyl (C=O) groups excluding carboxylic acids is 1. The number of aromatic nitrogens is 2. The van der Waals surface area contributed by atoms with Crippen LogP contribution < -0.4 is 0 Å². The van der Waals surface area contributed by atoms with Crippen LogP contribution in [0.4, 0.5) is 0 Å². The van der Waals surface area contributed by atoms with E-state index in [-0.39, 0.29) is 11.7 Å². The maximum atomic E-state index is 12.7. The van der Waals surface area contributed by atoms with E-state index < -0.39 is 0 Å². The molecule has 1 unspecified atom stereocenters. The van der Waals surface area contributed by atoms with Gasteiger partial charge in [-0.3, -0.25) is 4.79 Å². The van der Waals surface area contributed by atoms with E-state index in [2.05, 4.69) is 16.5 Å². The Morgan fingerprint density at radius 3 is 3.00 bits per heavy atom. The minimum atomic E-state index is 0.0346. The highest BCUT2D eigenvalue weighted by Gasteiger charge is 2.27. The van der Waals surface area contributed by atoms with Gasteiger partial charge in [-0.1, -0.05) is 0 Å². The fourth-order valence-electron chi connectivity index (χ4n) is 3.29. The summed E-state index contributed by atoms with van der Waals surface area (Å²) in [5.41, 5.74) is 1.37. The van der Waals surface area contributed by atoms with Gasteiger partial charge in [0.15, 0.2) is 0 Å². The van der Waals surface area contributed by atoms with Crippen molar-refractivity contribution in [3.8, 4) is 5.75 Å². The van der Waals surface area contributed by atoms with Crippen molar-refractivity contribution in [3.05, 3.63) is 47.5 Å². The van der Waals surface area contributed by atoms with Crippen molar-refractivity contribution in [3.63, 3.8) is 0 Å². The summed E-state index contributed by atoms with van der Waals surface area (Å²) in [4.78, 5) is 19.2. The van der Waals surface area contributed by atoms with Crippen molar-refractivity contribution in [2.75, 3.05) is 13.1 Å². The van der Waals surface area contributed by atoms with Gasteiger partial charge in [0.2, 0.25) is 0 Å². The molecule has 1 aromatic carbocycles. The second-order valence-corrected chi connectivity index (χ2v) is 6.16. The molecular formula is C18H23N3O2. The van der Waals surface area contributed by atoms with Crippen molar-refractivity contribution >= 4 is 5.91 Å². The summed E-state index contributed by atoms with van der Waals surface area (Å²) in [6.07, 6.45) is 5.89. The van der Waals surface area contributed by atoms with Gasteiger partial charge in [0.1, 0.15) is 11.6 Å². The van der Waals surface area contributed by atoms with E-state index in [0.717, 1.165) is 37.3 Å². The van der Waals surface area contributed by atoms with Crippen LogP contribution in [0.1, 0.15) is 47.4 Å². The maximum Gasteiger partial charge on any atom is 0.253 e. The minimum Gasteiger partial charge on any atom is -0.508 e. The molecule has 0 bridgehead atoms. The first-order valence-electron chi connectivity index (χ1n) is 8.20. The van der Waals surface area contributed by atoms with Gasteiger partial charge in [-0.15, -0.1) is 0 Å². The fourth-order valence-corrected chi connectivity index (χ4v) is 3.29. The number of phenolic OH excluding ortho intramolecular Hbond substituents is 1. The lowest BCUT2D eigenvalue weighted by atomic mass is 9.96. The number of benzene rings is 1. The molecule has 0 saturated carbocycles. The monoisotopic (exact) mass is 313 g/mol. The molecule has 1 aromatic heterocycles. The van der Waals surface area contributed by atoms with Crippen LogP contribution in [0.5, 0.6) is 5.75 Å². The highest BCUT2D eigenvalue weighted by Crippen LogP contribution is 2.27. The summed E-state index contributed by atoms with van der Waals surface area (Å²) in [6.45, 7) is 6.30. The average molecular weight is 313 g/mol. The zero-order chi connectivity index (χ0) is 16.4. The van der Waals surface area contributed by atoms with E-state index in [0.29, 0.717) is 18.0 Å². The molecule has 0 spiro atoms. The Labute approximate surface area is 136 Å². The molecule has 122 valence electrons. The molecule has 1 amide bonds. The van der Waals surface area contributed by atoms with Crippen molar-refractivity contribution in [1.29, 1.82) is 0 Å². The summed E-state index contributed by atoms with van der Waals surface area (Å²) in [5, 5.41) is 9.62. The highest BCUT2D eigenvalue weighted by atomic mass is 16.3. The zero-order valence-electron chi connectivity index (χ0n) is 13.7. The number of rotatable bonds is 3. The van der Waals surface area contributed by atoms with Crippen LogP contribution in [-0.4, -0.2) is 38.6 Å². The van der Waals surface area contributed by atoms with Gasteiger partial charge in [-0.2, -0.15) is 0 Å². The van der Waals surface area contributed by atoms with Crippen LogP contribution in [0.25, 0.3) is 0 Å². The molecule has 0 radical (unpaired) electrons. The number of hydrogen-bond donors (Lipinski definition) is 1. The molecule has 1 fully saturated rings. The van der Waals surface area contributed by atoms with Crippen molar-refractivity contribution < 1.29 is 9.90 Å². The molecule has 1 saturated heterocycles. The van der Waals surface area contributed by atoms with Crippen molar-refractivity contribution in [1.82, 2.24) is 14.5 Å². The van der Waals surface area contributed by atoms with Crippen molar-refractivity contribution in [2.24, 2.45) is 0 Å². The summed E-state index contributed by atoms with van der Waals surface area (Å²) < 4.78 is 2.16. The third-order valence-corrected chi connectivity index (χ3v) is 4.61. The lowest BCUT2D eigenvalue weighted by Crippen LogP contribution is -2.39. The Kier molecular flexibility index (Phi) is 4.37. The molecule has 2 heterocycles. The van der Waals surface area contributed by atoms with Gasteiger partial charge in [0, 0.05) is 43.5 Å². The van der Waals surface area contributed by atoms with E-state index in [1.165, 1.54) is 0 Å². The summed E-state index contributed by atoms with van der Waals surface area (Å²) in [7, 11) is 0. The number of aryl methyl sites for hydroxylation is 2. The van der Waals surface area contributed by atoms with Gasteiger partial charge < -0.3 is 14.6 Å². The number of likely N-dealkylation sites (tertiary alicyclic amines) is 1. The molecule has 2 aromatic rings. The van der Waals surface area contributed by atoms with E-state index in [9.17, 15) is 9.90 Å². The summed E-state index contributed by atoms with van der Waals surface area (Å²) in [6, 6.07) is 5.04. The normalized spacial score (nSPS) is 18.2. The maximum absolute atomic E-state index is 12.7. The first-order chi connectivity index (χ1) is 11.1. The first-order valence-corrected chi connectivity index (χ1v) is 8.20. The lowest BCUT2D eigenvalue weighted by Gasteiger charge is -2.32. The predicted molar refractivity (Wildman–Crippen MR) is 88.6 cm³/mol. The van der Waals surface area contributed by atoms with E-state index in [1.807, 2.05) is 24.2 Å². The SMILES string of the molecule is CCn1ccnc1C1CCCN(C(=O)c2ccc(O)c(C)c2)C1. The first kappa shape index (κ1) is 15.6. The number of piperidine rings is 1. The van der Waals surface area contributed by atoms with Crippen LogP contribution in [-0.2, 0) is 6.54 Å². The molecule has 23 heavy (non-hydrogen) atoms. The Hall–Kier alpha value is -2.30. The van der Waals surface area contributed by atoms with Crippen LogP contribution in [0, 0.1) is 6.92 Å². The molecule has 5 heteroatoms. The number of aromatic hydroxyl groups is 1. The predicted octanol–water partition coefficient (Wildman–Crippen LogP) is 2.94. The zero-order valence-corrected chi connectivity index (χ0v) is 13.7. The Morgan fingerprint density at radius 2 is 2.26 bits per heavy atom. The topological polar surface area (TPSA) is 58.4 Å². The van der Waals surface area contributed by atoms with Crippen LogP contribution >= 0.6 is 0 Å². The van der Waals surface area contributed by atoms with Crippen LogP contribution in [0.2, 0.25) is 0 Å². The minimum absolute atomic E-state index is 0.0346. The molecule has 0 aliphatic carbocycles. The van der Waals surface area contributed by atoms with Gasteiger partial charge in [-0.25, -0.2) is 4.98 Å². The fraction of sp³-hybridized carbons (Fsp3) is 0.444. The molecule has 1 atom stereocenters. The standard InChI is InChI=1S/C18H23N3O2/c1-3-20-10-8-19-17(20)15-5-4-9-21(12-15)18(23)14-6-7-16(22)13(2)11-14/h6-8,10-11,15,22H,3-5,9,12H2,1-2H3. The van der Waals surface area contributed by atoms with Gasteiger partial charge in [0.05, 0.1) is 0 Å². The Balaban J connectivity index is 1.78. The van der Waals surface area contributed by atoms with E-state index in [1.54, 1.807) is 18.2 Å². The van der Waals surface area contributed by atoms with Crippen LogP contribution in [0.15, 0.2) is 30.6 Å². The number of nitrogens with zero attached hydrogens (tertiary/aromatic N) is 3. The molecule has 1 aliphatic rings. The molecule has 1 aliphatic heterocycles. The smallest absolute Gasteiger partial charge is 0.253 e. The molecule has 3 rings (SSSR count). The lowest BCUT2D eigenvalue weighted by molar-refractivity contribution is 0.0703. The number of hydrogen-bond acceptors (Lipinski definition) is 3. The number of carbonyl (C=O) groups is 1. The number of phenols is 1.